The zero-order valence-corrected chi connectivity index (χ0v) is 17.8. The zero-order chi connectivity index (χ0) is 19.8. The predicted octanol–water partition coefficient (Wildman–Crippen LogP) is 3.23. The average Bonchev–Trinajstić information content (AvgIpc) is 3.25. The number of guanidine groups is 1. The summed E-state index contributed by atoms with van der Waals surface area (Å²) in [5, 5.41) is 8.93. The van der Waals surface area contributed by atoms with Crippen molar-refractivity contribution in [3.63, 3.8) is 0 Å². The first-order valence-electron chi connectivity index (χ1n) is 10.0. The van der Waals surface area contributed by atoms with E-state index in [9.17, 15) is 0 Å². The molecule has 0 aliphatic carbocycles. The lowest BCUT2D eigenvalue weighted by Crippen LogP contribution is -2.41. The molecule has 152 valence electrons. The molecule has 3 heterocycles. The first kappa shape index (κ1) is 20.6. The van der Waals surface area contributed by atoms with E-state index in [2.05, 4.69) is 64.9 Å². The first-order chi connectivity index (χ1) is 13.7. The first-order valence-corrected chi connectivity index (χ1v) is 10.9. The minimum atomic E-state index is 0.243. The summed E-state index contributed by atoms with van der Waals surface area (Å²) in [6, 6.07) is 8.46. The summed E-state index contributed by atoms with van der Waals surface area (Å²) in [5.41, 5.74) is 1.16. The smallest absolute Gasteiger partial charge is 0.191 e. The number of hydrogen-bond donors (Lipinski definition) is 2. The number of rotatable bonds is 7. The van der Waals surface area contributed by atoms with Crippen LogP contribution in [0.15, 0.2) is 40.8 Å². The van der Waals surface area contributed by atoms with Crippen LogP contribution in [0.25, 0.3) is 0 Å². The monoisotopic (exact) mass is 401 g/mol. The van der Waals surface area contributed by atoms with Crippen LogP contribution in [0.1, 0.15) is 37.1 Å². The van der Waals surface area contributed by atoms with Crippen molar-refractivity contribution in [2.45, 2.75) is 39.3 Å². The van der Waals surface area contributed by atoms with Gasteiger partial charge in [-0.2, -0.15) is 0 Å². The van der Waals surface area contributed by atoms with Crippen LogP contribution >= 0.6 is 11.3 Å². The molecule has 2 aromatic heterocycles. The number of nitrogens with zero attached hydrogens (tertiary/aromatic N) is 3. The number of aromatic nitrogens is 1. The number of thiophene rings is 1. The normalized spacial score (nSPS) is 18.8. The van der Waals surface area contributed by atoms with E-state index < -0.39 is 0 Å². The number of anilines is 1. The average molecular weight is 402 g/mol. The highest BCUT2D eigenvalue weighted by Crippen LogP contribution is 2.20. The van der Waals surface area contributed by atoms with Gasteiger partial charge in [-0.25, -0.2) is 9.98 Å². The Balaban J connectivity index is 1.60. The molecular formula is C21H31N5OS. The molecule has 1 aliphatic rings. The van der Waals surface area contributed by atoms with Crippen molar-refractivity contribution in [3.8, 4) is 0 Å². The van der Waals surface area contributed by atoms with Gasteiger partial charge in [-0.15, -0.1) is 11.3 Å². The highest BCUT2D eigenvalue weighted by atomic mass is 32.1. The molecule has 1 aliphatic heterocycles. The molecule has 6 nitrogen and oxygen atoms in total. The van der Waals surface area contributed by atoms with Crippen molar-refractivity contribution >= 4 is 23.1 Å². The fourth-order valence-corrected chi connectivity index (χ4v) is 3.98. The molecule has 3 rings (SSSR count). The van der Waals surface area contributed by atoms with Crippen LogP contribution in [0.4, 0.5) is 5.82 Å². The maximum absolute atomic E-state index is 5.63. The third-order valence-electron chi connectivity index (χ3n) is 4.74. The van der Waals surface area contributed by atoms with Crippen LogP contribution in [0, 0.1) is 0 Å². The van der Waals surface area contributed by atoms with Gasteiger partial charge in [0.2, 0.25) is 0 Å². The fraction of sp³-hybridized carbons (Fsp3) is 0.524. The number of morpholine rings is 1. The standard InChI is InChI=1S/C21H31N5OS/c1-4-22-21(24-13-16(2)19-6-5-11-28-19)25-14-18-7-8-23-20(12-18)26-9-10-27-17(3)15-26/h5-8,11-12,16-17H,4,9-10,13-15H2,1-3H3,(H2,22,24,25). The van der Waals surface area contributed by atoms with E-state index in [1.807, 2.05) is 12.3 Å². The van der Waals surface area contributed by atoms with Crippen LogP contribution in [0.5, 0.6) is 0 Å². The molecule has 0 amide bonds. The van der Waals surface area contributed by atoms with E-state index in [0.29, 0.717) is 12.5 Å². The van der Waals surface area contributed by atoms with Gasteiger partial charge in [-0.05, 0) is 43.0 Å². The topological polar surface area (TPSA) is 61.8 Å². The molecular weight excluding hydrogens is 370 g/mol. The van der Waals surface area contributed by atoms with Crippen LogP contribution in [0.3, 0.4) is 0 Å². The van der Waals surface area contributed by atoms with E-state index in [1.54, 1.807) is 11.3 Å². The fourth-order valence-electron chi connectivity index (χ4n) is 3.19. The lowest BCUT2D eigenvalue weighted by Gasteiger charge is -2.32. The molecule has 0 aromatic carbocycles. The Morgan fingerprint density at radius 2 is 2.32 bits per heavy atom. The molecule has 2 N–H and O–H groups in total. The van der Waals surface area contributed by atoms with Gasteiger partial charge in [0.1, 0.15) is 5.82 Å². The summed E-state index contributed by atoms with van der Waals surface area (Å²) in [6.07, 6.45) is 2.12. The second-order valence-electron chi connectivity index (χ2n) is 7.14. The third kappa shape index (κ3) is 5.94. The lowest BCUT2D eigenvalue weighted by molar-refractivity contribution is 0.0529. The quantitative estimate of drug-likeness (QED) is 0.551. The molecule has 1 saturated heterocycles. The number of ether oxygens (including phenoxy) is 1. The van der Waals surface area contributed by atoms with Gasteiger partial charge >= 0.3 is 0 Å². The van der Waals surface area contributed by atoms with E-state index in [0.717, 1.165) is 50.1 Å². The number of aliphatic imine (C=N–C) groups is 1. The van der Waals surface area contributed by atoms with Gasteiger partial charge in [-0.3, -0.25) is 0 Å². The van der Waals surface area contributed by atoms with Gasteiger partial charge in [0.05, 0.1) is 19.3 Å². The van der Waals surface area contributed by atoms with E-state index in [1.165, 1.54) is 4.88 Å². The maximum atomic E-state index is 5.63. The van der Waals surface area contributed by atoms with Gasteiger partial charge in [0.15, 0.2) is 5.96 Å². The van der Waals surface area contributed by atoms with E-state index in [-0.39, 0.29) is 6.10 Å². The summed E-state index contributed by atoms with van der Waals surface area (Å²) >= 11 is 1.80. The minimum absolute atomic E-state index is 0.243. The Morgan fingerprint density at radius 3 is 3.07 bits per heavy atom. The number of nitrogens with one attached hydrogen (secondary N) is 2. The lowest BCUT2D eigenvalue weighted by atomic mass is 10.1. The van der Waals surface area contributed by atoms with Crippen molar-refractivity contribution in [1.29, 1.82) is 0 Å². The summed E-state index contributed by atoms with van der Waals surface area (Å²) in [4.78, 5) is 13.0. The van der Waals surface area contributed by atoms with E-state index in [4.69, 9.17) is 9.73 Å². The van der Waals surface area contributed by atoms with Gasteiger partial charge in [0.25, 0.3) is 0 Å². The summed E-state index contributed by atoms with van der Waals surface area (Å²) in [5.74, 6) is 2.32. The van der Waals surface area contributed by atoms with Crippen LogP contribution in [-0.2, 0) is 11.3 Å². The van der Waals surface area contributed by atoms with Crippen molar-refractivity contribution in [3.05, 3.63) is 46.3 Å². The molecule has 7 heteroatoms. The number of pyridine rings is 1. The maximum Gasteiger partial charge on any atom is 0.191 e. The molecule has 28 heavy (non-hydrogen) atoms. The Hall–Kier alpha value is -2.12. The molecule has 0 radical (unpaired) electrons. The predicted molar refractivity (Wildman–Crippen MR) is 117 cm³/mol. The molecule has 0 bridgehead atoms. The van der Waals surface area contributed by atoms with Gasteiger partial charge < -0.3 is 20.3 Å². The van der Waals surface area contributed by atoms with Crippen molar-refractivity contribution in [2.24, 2.45) is 4.99 Å². The highest BCUT2D eigenvalue weighted by Gasteiger charge is 2.18. The second kappa shape index (κ2) is 10.4. The summed E-state index contributed by atoms with van der Waals surface area (Å²) in [7, 11) is 0. The Kier molecular flexibility index (Phi) is 7.68. The Morgan fingerprint density at radius 1 is 1.43 bits per heavy atom. The zero-order valence-electron chi connectivity index (χ0n) is 17.0. The van der Waals surface area contributed by atoms with Gasteiger partial charge in [-0.1, -0.05) is 13.0 Å². The second-order valence-corrected chi connectivity index (χ2v) is 8.12. The van der Waals surface area contributed by atoms with Crippen LogP contribution in [0.2, 0.25) is 0 Å². The molecule has 2 atom stereocenters. The molecule has 1 fully saturated rings. The molecule has 2 unspecified atom stereocenters. The van der Waals surface area contributed by atoms with Crippen molar-refractivity contribution < 1.29 is 4.74 Å². The summed E-state index contributed by atoms with van der Waals surface area (Å²) in [6.45, 7) is 11.3. The van der Waals surface area contributed by atoms with Gasteiger partial charge in [0, 0.05) is 43.2 Å². The summed E-state index contributed by atoms with van der Waals surface area (Å²) < 4.78 is 5.63. The third-order valence-corrected chi connectivity index (χ3v) is 5.85. The SMILES string of the molecule is CCNC(=NCc1ccnc(N2CCOC(C)C2)c1)NCC(C)c1cccs1. The van der Waals surface area contributed by atoms with Crippen LogP contribution < -0.4 is 15.5 Å². The van der Waals surface area contributed by atoms with E-state index >= 15 is 0 Å². The molecule has 0 saturated carbocycles. The van der Waals surface area contributed by atoms with Crippen LogP contribution in [-0.4, -0.2) is 49.8 Å². The largest absolute Gasteiger partial charge is 0.375 e. The Bertz CT molecular complexity index is 749. The minimum Gasteiger partial charge on any atom is -0.375 e. The Labute approximate surface area is 172 Å². The molecule has 2 aromatic rings. The number of hydrogen-bond acceptors (Lipinski definition) is 5. The highest BCUT2D eigenvalue weighted by molar-refractivity contribution is 7.10. The van der Waals surface area contributed by atoms with Crippen molar-refractivity contribution in [1.82, 2.24) is 15.6 Å². The van der Waals surface area contributed by atoms with Crippen molar-refractivity contribution in [2.75, 3.05) is 37.7 Å². The molecule has 0 spiro atoms.